The fraction of sp³-hybridized carbons (Fsp3) is 0.607. The van der Waals surface area contributed by atoms with Crippen LogP contribution in [0.5, 0.6) is 11.5 Å². The van der Waals surface area contributed by atoms with Crippen LogP contribution in [0.1, 0.15) is 43.1 Å². The summed E-state index contributed by atoms with van der Waals surface area (Å²) in [6.45, 7) is 12.2. The van der Waals surface area contributed by atoms with Gasteiger partial charge in [0.15, 0.2) is 19.9 Å². The zero-order valence-electron chi connectivity index (χ0n) is 22.5. The fourth-order valence-electron chi connectivity index (χ4n) is 6.72. The quantitative estimate of drug-likeness (QED) is 0.558. The largest absolute Gasteiger partial charge is 0.506 e. The molecule has 2 fully saturated rings. The van der Waals surface area contributed by atoms with Crippen molar-refractivity contribution in [2.75, 3.05) is 14.2 Å². The van der Waals surface area contributed by atoms with Crippen molar-refractivity contribution in [1.29, 1.82) is 0 Å². The molecule has 2 aliphatic carbocycles. The van der Waals surface area contributed by atoms with Gasteiger partial charge in [0.25, 0.3) is 0 Å². The summed E-state index contributed by atoms with van der Waals surface area (Å²) in [5, 5.41) is 12.8. The van der Waals surface area contributed by atoms with E-state index in [9.17, 15) is 9.90 Å². The molecular formula is C28H38O7Si. The van der Waals surface area contributed by atoms with Gasteiger partial charge in [-0.25, -0.2) is 0 Å². The molecule has 6 atom stereocenters. The van der Waals surface area contributed by atoms with Crippen LogP contribution in [0.15, 0.2) is 24.3 Å². The first-order valence-electron chi connectivity index (χ1n) is 12.8. The van der Waals surface area contributed by atoms with Crippen molar-refractivity contribution in [3.8, 4) is 11.5 Å². The van der Waals surface area contributed by atoms with Crippen LogP contribution in [-0.4, -0.2) is 63.1 Å². The summed E-state index contributed by atoms with van der Waals surface area (Å²) in [5.41, 5.74) is 0.373. The minimum absolute atomic E-state index is 0.00838. The van der Waals surface area contributed by atoms with E-state index in [-0.39, 0.29) is 35.8 Å². The predicted molar refractivity (Wildman–Crippen MR) is 139 cm³/mol. The molecule has 0 bridgehead atoms. The standard InChI is InChI=1S/C28H38O7Si/c1-15(31-4)28(35-36(6,7)8)14-19-18(25-26(28)34-27(2,3)33-25)13-17-12-16-10-9-11-20(32-5)21(16)24(30)22(17)23(19)29/h9-12,15,18-19,25-26,30H,13-14H2,1-8H3/t15?,18-,19+,25+,26+,28+/m0/s1. The minimum atomic E-state index is -2.10. The third-order valence-electron chi connectivity index (χ3n) is 8.07. The molecule has 7 nitrogen and oxygen atoms in total. The zero-order chi connectivity index (χ0) is 26.2. The van der Waals surface area contributed by atoms with Gasteiger partial charge in [-0.3, -0.25) is 4.79 Å². The number of rotatable bonds is 5. The van der Waals surface area contributed by atoms with Gasteiger partial charge in [0.1, 0.15) is 23.2 Å². The molecule has 0 spiro atoms. The Morgan fingerprint density at radius 3 is 2.53 bits per heavy atom. The number of phenols is 1. The minimum Gasteiger partial charge on any atom is -0.506 e. The second-order valence-electron chi connectivity index (χ2n) is 11.9. The first-order chi connectivity index (χ1) is 16.8. The SMILES string of the molecule is COc1cccc2cc3c(c(O)c12)C(=O)[C@@H]1C[C@@](O[Si](C)(C)C)(C(C)OC)[C@@H]2OC(C)(C)O[C@@H]2[C@H]1C3. The lowest BCUT2D eigenvalue weighted by Gasteiger charge is -2.54. The number of Topliss-reactive ketones (excluding diaryl/α,β-unsaturated/α-hetero) is 1. The zero-order valence-corrected chi connectivity index (χ0v) is 23.5. The number of ether oxygens (including phenoxy) is 4. The first kappa shape index (κ1) is 25.7. The highest BCUT2D eigenvalue weighted by atomic mass is 28.4. The maximum atomic E-state index is 14.2. The smallest absolute Gasteiger partial charge is 0.184 e. The van der Waals surface area contributed by atoms with Crippen molar-refractivity contribution in [3.63, 3.8) is 0 Å². The maximum absolute atomic E-state index is 14.2. The van der Waals surface area contributed by atoms with E-state index in [1.165, 1.54) is 0 Å². The Morgan fingerprint density at radius 1 is 1.17 bits per heavy atom. The molecule has 1 heterocycles. The number of carbonyl (C=O) groups excluding carboxylic acids is 1. The number of aromatic hydroxyl groups is 1. The number of fused-ring (bicyclic) bond motifs is 5. The van der Waals surface area contributed by atoms with E-state index < -0.39 is 25.6 Å². The Balaban J connectivity index is 1.69. The van der Waals surface area contributed by atoms with E-state index in [2.05, 4.69) is 19.6 Å². The van der Waals surface area contributed by atoms with Gasteiger partial charge in [-0.05, 0) is 70.3 Å². The first-order valence-corrected chi connectivity index (χ1v) is 16.2. The second-order valence-corrected chi connectivity index (χ2v) is 16.4. The van der Waals surface area contributed by atoms with Gasteiger partial charge in [0, 0.05) is 18.9 Å². The molecule has 1 saturated carbocycles. The molecule has 1 saturated heterocycles. The van der Waals surface area contributed by atoms with Crippen LogP contribution >= 0.6 is 0 Å². The van der Waals surface area contributed by atoms with Gasteiger partial charge >= 0.3 is 0 Å². The topological polar surface area (TPSA) is 83.5 Å². The van der Waals surface area contributed by atoms with Gasteiger partial charge in [-0.1, -0.05) is 18.2 Å². The highest BCUT2D eigenvalue weighted by molar-refractivity contribution is 6.69. The molecule has 2 aromatic carbocycles. The van der Waals surface area contributed by atoms with E-state index in [4.69, 9.17) is 23.4 Å². The Kier molecular flexibility index (Phi) is 6.08. The van der Waals surface area contributed by atoms with E-state index in [1.807, 2.05) is 39.0 Å². The third kappa shape index (κ3) is 3.89. The molecule has 0 aromatic heterocycles. The lowest BCUT2D eigenvalue weighted by atomic mass is 9.60. The van der Waals surface area contributed by atoms with Gasteiger partial charge in [-0.2, -0.15) is 0 Å². The van der Waals surface area contributed by atoms with Crippen LogP contribution in [0.2, 0.25) is 19.6 Å². The molecule has 1 unspecified atom stereocenters. The third-order valence-corrected chi connectivity index (χ3v) is 9.06. The van der Waals surface area contributed by atoms with E-state index in [0.29, 0.717) is 29.5 Å². The Labute approximate surface area is 214 Å². The Bertz CT molecular complexity index is 1200. The molecule has 1 aliphatic heterocycles. The Hall–Kier alpha value is -1.97. The van der Waals surface area contributed by atoms with Gasteiger partial charge in [0.2, 0.25) is 0 Å². The normalized spacial score (nSPS) is 32.1. The lowest BCUT2D eigenvalue weighted by molar-refractivity contribution is -0.197. The summed E-state index contributed by atoms with van der Waals surface area (Å²) >= 11 is 0. The maximum Gasteiger partial charge on any atom is 0.184 e. The van der Waals surface area contributed by atoms with Crippen molar-refractivity contribution in [1.82, 2.24) is 0 Å². The van der Waals surface area contributed by atoms with Crippen LogP contribution < -0.4 is 4.74 Å². The summed E-state index contributed by atoms with van der Waals surface area (Å²) in [7, 11) is 1.14. The second kappa shape index (κ2) is 8.53. The molecule has 5 rings (SSSR count). The summed E-state index contributed by atoms with van der Waals surface area (Å²) in [6.07, 6.45) is 0.0120. The van der Waals surface area contributed by atoms with Gasteiger partial charge < -0.3 is 28.5 Å². The number of ketones is 1. The van der Waals surface area contributed by atoms with Crippen LogP contribution in [0.3, 0.4) is 0 Å². The fourth-order valence-corrected chi connectivity index (χ4v) is 8.22. The van der Waals surface area contributed by atoms with Crippen LogP contribution in [0, 0.1) is 11.8 Å². The van der Waals surface area contributed by atoms with Crippen molar-refractivity contribution in [3.05, 3.63) is 35.4 Å². The summed E-state index contributed by atoms with van der Waals surface area (Å²) in [5.74, 6) is -0.848. The predicted octanol–water partition coefficient (Wildman–Crippen LogP) is 5.07. The van der Waals surface area contributed by atoms with Gasteiger partial charge in [-0.15, -0.1) is 0 Å². The number of hydrogen-bond acceptors (Lipinski definition) is 7. The number of hydrogen-bond donors (Lipinski definition) is 1. The molecule has 0 radical (unpaired) electrons. The van der Waals surface area contributed by atoms with Crippen LogP contribution in [-0.2, 0) is 25.1 Å². The average molecular weight is 515 g/mol. The number of benzene rings is 2. The summed E-state index contributed by atoms with van der Waals surface area (Å²) < 4.78 is 31.4. The Morgan fingerprint density at radius 2 is 1.89 bits per heavy atom. The van der Waals surface area contributed by atoms with Crippen LogP contribution in [0.4, 0.5) is 0 Å². The monoisotopic (exact) mass is 514 g/mol. The highest BCUT2D eigenvalue weighted by Crippen LogP contribution is 2.55. The average Bonchev–Trinajstić information content (AvgIpc) is 3.14. The molecule has 0 amide bonds. The lowest BCUT2D eigenvalue weighted by Crippen LogP contribution is -2.67. The molecule has 3 aliphatic rings. The molecule has 8 heteroatoms. The highest BCUT2D eigenvalue weighted by Gasteiger charge is 2.66. The molecule has 2 aromatic rings. The molecule has 1 N–H and O–H groups in total. The van der Waals surface area contributed by atoms with Crippen molar-refractivity contribution in [2.24, 2.45) is 11.8 Å². The van der Waals surface area contributed by atoms with E-state index in [1.54, 1.807) is 20.3 Å². The van der Waals surface area contributed by atoms with E-state index >= 15 is 0 Å². The van der Waals surface area contributed by atoms with Crippen molar-refractivity contribution < 1.29 is 33.3 Å². The number of methoxy groups -OCH3 is 2. The molecule has 36 heavy (non-hydrogen) atoms. The van der Waals surface area contributed by atoms with Crippen molar-refractivity contribution >= 4 is 24.9 Å². The van der Waals surface area contributed by atoms with Crippen LogP contribution in [0.25, 0.3) is 10.8 Å². The summed E-state index contributed by atoms with van der Waals surface area (Å²) in [4.78, 5) is 14.2. The van der Waals surface area contributed by atoms with Crippen molar-refractivity contribution in [2.45, 2.75) is 83.0 Å². The van der Waals surface area contributed by atoms with Gasteiger partial charge in [0.05, 0.1) is 30.3 Å². The number of carbonyl (C=O) groups is 1. The van der Waals surface area contributed by atoms with E-state index in [0.717, 1.165) is 10.9 Å². The summed E-state index contributed by atoms with van der Waals surface area (Å²) in [6, 6.07) is 7.63. The molecule has 196 valence electrons. The molecular weight excluding hydrogens is 476 g/mol. The number of phenolic OH excluding ortho intramolecular Hbond substituents is 1.